The van der Waals surface area contributed by atoms with Crippen LogP contribution in [0.2, 0.25) is 0 Å². The van der Waals surface area contributed by atoms with Gasteiger partial charge in [-0.25, -0.2) is 19.0 Å². The van der Waals surface area contributed by atoms with Gasteiger partial charge in [0, 0.05) is 12.6 Å². The summed E-state index contributed by atoms with van der Waals surface area (Å²) in [5.74, 6) is 0.722. The summed E-state index contributed by atoms with van der Waals surface area (Å²) >= 11 is 0. The number of hydrogen-bond acceptors (Lipinski definition) is 5. The lowest BCUT2D eigenvalue weighted by Crippen LogP contribution is -2.44. The molecule has 0 bridgehead atoms. The van der Waals surface area contributed by atoms with Crippen LogP contribution >= 0.6 is 0 Å². The van der Waals surface area contributed by atoms with Crippen molar-refractivity contribution in [3.63, 3.8) is 0 Å². The SMILES string of the molecule is NS(=O)(=O)c1ccc(CCNC(=O)C2CC(C3CC3)NN2)cc1. The average Bonchev–Trinajstić information content (AvgIpc) is 3.24. The number of nitrogens with two attached hydrogens (primary N) is 1. The molecule has 1 saturated heterocycles. The first-order valence-corrected chi connectivity index (χ1v) is 9.38. The van der Waals surface area contributed by atoms with E-state index in [2.05, 4.69) is 16.2 Å². The highest BCUT2D eigenvalue weighted by Crippen LogP contribution is 2.35. The van der Waals surface area contributed by atoms with E-state index in [4.69, 9.17) is 5.14 Å². The van der Waals surface area contributed by atoms with Crippen LogP contribution in [0.5, 0.6) is 0 Å². The third-order valence-electron chi connectivity index (χ3n) is 4.40. The molecular weight excluding hydrogens is 316 g/mol. The molecule has 1 aliphatic heterocycles. The monoisotopic (exact) mass is 338 g/mol. The van der Waals surface area contributed by atoms with E-state index in [0.717, 1.165) is 17.9 Å². The van der Waals surface area contributed by atoms with Gasteiger partial charge in [0.1, 0.15) is 6.04 Å². The van der Waals surface area contributed by atoms with Gasteiger partial charge in [0.2, 0.25) is 15.9 Å². The molecule has 2 atom stereocenters. The summed E-state index contributed by atoms with van der Waals surface area (Å²) in [5, 5.41) is 7.97. The van der Waals surface area contributed by atoms with Crippen molar-refractivity contribution in [2.45, 2.75) is 42.7 Å². The largest absolute Gasteiger partial charge is 0.354 e. The smallest absolute Gasteiger partial charge is 0.238 e. The van der Waals surface area contributed by atoms with E-state index in [0.29, 0.717) is 19.0 Å². The second-order valence-electron chi connectivity index (χ2n) is 6.25. The van der Waals surface area contributed by atoms with Crippen LogP contribution in [0.3, 0.4) is 0 Å². The van der Waals surface area contributed by atoms with Crippen LogP contribution in [-0.4, -0.2) is 33.0 Å². The van der Waals surface area contributed by atoms with Crippen LogP contribution in [0.25, 0.3) is 0 Å². The highest BCUT2D eigenvalue weighted by molar-refractivity contribution is 7.89. The first-order chi connectivity index (χ1) is 10.9. The molecule has 3 rings (SSSR count). The summed E-state index contributed by atoms with van der Waals surface area (Å²) < 4.78 is 22.4. The molecule has 2 fully saturated rings. The van der Waals surface area contributed by atoms with Crippen molar-refractivity contribution in [3.8, 4) is 0 Å². The Morgan fingerprint density at radius 3 is 2.52 bits per heavy atom. The minimum atomic E-state index is -3.66. The van der Waals surface area contributed by atoms with E-state index in [1.54, 1.807) is 12.1 Å². The second kappa shape index (κ2) is 6.56. The molecular formula is C15H22N4O3S. The number of primary sulfonamides is 1. The number of hydrogen-bond donors (Lipinski definition) is 4. The zero-order valence-electron chi connectivity index (χ0n) is 12.8. The lowest BCUT2D eigenvalue weighted by Gasteiger charge is -2.10. The van der Waals surface area contributed by atoms with Crippen LogP contribution in [0, 0.1) is 5.92 Å². The number of carbonyl (C=O) groups is 1. The van der Waals surface area contributed by atoms with Crippen molar-refractivity contribution in [2.75, 3.05) is 6.54 Å². The van der Waals surface area contributed by atoms with Crippen LogP contribution in [0.1, 0.15) is 24.8 Å². The second-order valence-corrected chi connectivity index (χ2v) is 7.81. The van der Waals surface area contributed by atoms with Crippen molar-refractivity contribution >= 4 is 15.9 Å². The maximum Gasteiger partial charge on any atom is 0.238 e. The van der Waals surface area contributed by atoms with Gasteiger partial charge in [-0.1, -0.05) is 12.1 Å². The molecule has 8 heteroatoms. The Bertz CT molecular complexity index is 670. The van der Waals surface area contributed by atoms with Gasteiger partial charge < -0.3 is 5.32 Å². The van der Waals surface area contributed by atoms with Crippen molar-refractivity contribution in [3.05, 3.63) is 29.8 Å². The Balaban J connectivity index is 1.43. The van der Waals surface area contributed by atoms with E-state index in [-0.39, 0.29) is 16.8 Å². The molecule has 1 aliphatic carbocycles. The minimum Gasteiger partial charge on any atom is -0.354 e. The quantitative estimate of drug-likeness (QED) is 0.566. The molecule has 7 nitrogen and oxygen atoms in total. The van der Waals surface area contributed by atoms with Gasteiger partial charge in [0.05, 0.1) is 4.90 Å². The van der Waals surface area contributed by atoms with Crippen molar-refractivity contribution in [1.82, 2.24) is 16.2 Å². The molecule has 0 radical (unpaired) electrons. The van der Waals surface area contributed by atoms with Gasteiger partial charge in [-0.15, -0.1) is 0 Å². The Kier molecular flexibility index (Phi) is 4.67. The van der Waals surface area contributed by atoms with E-state index in [1.165, 1.54) is 25.0 Å². The molecule has 1 saturated carbocycles. The Labute approximate surface area is 136 Å². The van der Waals surface area contributed by atoms with Gasteiger partial charge in [0.15, 0.2) is 0 Å². The molecule has 1 heterocycles. The predicted molar refractivity (Wildman–Crippen MR) is 85.7 cm³/mol. The summed E-state index contributed by atoms with van der Waals surface area (Å²) in [7, 11) is -3.66. The number of benzene rings is 1. The van der Waals surface area contributed by atoms with Crippen molar-refractivity contribution in [1.29, 1.82) is 0 Å². The predicted octanol–water partition coefficient (Wildman–Crippen LogP) is -0.362. The summed E-state index contributed by atoms with van der Waals surface area (Å²) in [5.41, 5.74) is 7.21. The molecule has 126 valence electrons. The fourth-order valence-electron chi connectivity index (χ4n) is 2.86. The summed E-state index contributed by atoms with van der Waals surface area (Å²) in [6, 6.07) is 6.63. The molecule has 0 aromatic heterocycles. The minimum absolute atomic E-state index is 0.00167. The van der Waals surface area contributed by atoms with Gasteiger partial charge in [-0.05, 0) is 49.3 Å². The van der Waals surface area contributed by atoms with Gasteiger partial charge >= 0.3 is 0 Å². The van der Waals surface area contributed by atoms with Gasteiger partial charge in [-0.3, -0.25) is 10.2 Å². The number of rotatable bonds is 6. The molecule has 0 spiro atoms. The normalized spacial score (nSPS) is 24.6. The summed E-state index contributed by atoms with van der Waals surface area (Å²) in [6.07, 6.45) is 3.98. The molecule has 5 N–H and O–H groups in total. The number of hydrazine groups is 1. The first kappa shape index (κ1) is 16.4. The topological polar surface area (TPSA) is 113 Å². The fraction of sp³-hybridized carbons (Fsp3) is 0.533. The van der Waals surface area contributed by atoms with Crippen LogP contribution in [-0.2, 0) is 21.2 Å². The maximum atomic E-state index is 12.1. The zero-order chi connectivity index (χ0) is 16.4. The Morgan fingerprint density at radius 1 is 1.22 bits per heavy atom. The van der Waals surface area contributed by atoms with Crippen molar-refractivity contribution < 1.29 is 13.2 Å². The maximum absolute atomic E-state index is 12.1. The van der Waals surface area contributed by atoms with E-state index < -0.39 is 10.0 Å². The first-order valence-electron chi connectivity index (χ1n) is 7.84. The Hall–Kier alpha value is -1.48. The number of carbonyl (C=O) groups excluding carboxylic acids is 1. The van der Waals surface area contributed by atoms with E-state index in [9.17, 15) is 13.2 Å². The highest BCUT2D eigenvalue weighted by atomic mass is 32.2. The number of sulfonamides is 1. The average molecular weight is 338 g/mol. The molecule has 1 aromatic rings. The number of amides is 1. The molecule has 23 heavy (non-hydrogen) atoms. The van der Waals surface area contributed by atoms with E-state index in [1.807, 2.05) is 0 Å². The lowest BCUT2D eigenvalue weighted by molar-refractivity contribution is -0.122. The van der Waals surface area contributed by atoms with Gasteiger partial charge in [-0.2, -0.15) is 0 Å². The van der Waals surface area contributed by atoms with E-state index >= 15 is 0 Å². The molecule has 2 unspecified atom stereocenters. The summed E-state index contributed by atoms with van der Waals surface area (Å²) in [4.78, 5) is 12.2. The Morgan fingerprint density at radius 2 is 1.91 bits per heavy atom. The van der Waals surface area contributed by atoms with Gasteiger partial charge in [0.25, 0.3) is 0 Å². The van der Waals surface area contributed by atoms with Crippen LogP contribution in [0.4, 0.5) is 0 Å². The van der Waals surface area contributed by atoms with Crippen LogP contribution in [0.15, 0.2) is 29.2 Å². The highest BCUT2D eigenvalue weighted by Gasteiger charge is 2.38. The van der Waals surface area contributed by atoms with Crippen LogP contribution < -0.4 is 21.3 Å². The standard InChI is InChI=1S/C15H22N4O3S/c16-23(21,22)12-5-1-10(2-6-12)7-8-17-15(20)14-9-13(18-19-14)11-3-4-11/h1-2,5-6,11,13-14,18-19H,3-4,7-9H2,(H,17,20)(H2,16,21,22). The molecule has 1 aromatic carbocycles. The molecule has 2 aliphatic rings. The summed E-state index contributed by atoms with van der Waals surface area (Å²) in [6.45, 7) is 0.514. The number of nitrogens with one attached hydrogen (secondary N) is 3. The third kappa shape index (κ3) is 4.29. The van der Waals surface area contributed by atoms with Crippen molar-refractivity contribution in [2.24, 2.45) is 11.1 Å². The molecule has 1 amide bonds. The fourth-order valence-corrected chi connectivity index (χ4v) is 3.38. The lowest BCUT2D eigenvalue weighted by atomic mass is 10.1. The zero-order valence-corrected chi connectivity index (χ0v) is 13.6. The third-order valence-corrected chi connectivity index (χ3v) is 5.33.